The number of carbonyl (C=O) groups is 1. The third-order valence-corrected chi connectivity index (χ3v) is 6.15. The molecular formula is C22H22ClN5O2S. The average molecular weight is 456 g/mol. The number of thioether (sulfide) groups is 1. The van der Waals surface area contributed by atoms with Crippen LogP contribution in [0.1, 0.15) is 25.8 Å². The Hall–Kier alpha value is -2.84. The molecule has 0 aliphatic heterocycles. The van der Waals surface area contributed by atoms with Crippen LogP contribution in [-0.2, 0) is 17.8 Å². The maximum Gasteiger partial charge on any atom is 0.262 e. The Bertz CT molecular complexity index is 1330. The number of hydrogen-bond donors (Lipinski definition) is 1. The number of hydrogen-bond acceptors (Lipinski definition) is 5. The fourth-order valence-electron chi connectivity index (χ4n) is 3.54. The maximum absolute atomic E-state index is 13.0. The standard InChI is InChI=1S/C22H22ClN5O2S/c1-3-11-27-20(30)16-12-15(23)9-10-18(16)28-21(27)25-26-22(28)31-13-19(29)24-17-8-6-5-7-14(17)4-2/h5-10,12H,3-4,11,13H2,1-2H3,(H,24,29). The van der Waals surface area contributed by atoms with E-state index in [1.54, 1.807) is 22.8 Å². The summed E-state index contributed by atoms with van der Waals surface area (Å²) < 4.78 is 3.42. The third-order valence-electron chi connectivity index (χ3n) is 4.98. The lowest BCUT2D eigenvalue weighted by Crippen LogP contribution is -2.23. The van der Waals surface area contributed by atoms with Crippen LogP contribution >= 0.6 is 23.4 Å². The molecule has 0 saturated carbocycles. The lowest BCUT2D eigenvalue weighted by Gasteiger charge is -2.11. The van der Waals surface area contributed by atoms with Gasteiger partial charge in [0.1, 0.15) is 0 Å². The van der Waals surface area contributed by atoms with E-state index in [4.69, 9.17) is 11.6 Å². The number of nitrogens with one attached hydrogen (secondary N) is 1. The van der Waals surface area contributed by atoms with Crippen LogP contribution in [0.15, 0.2) is 52.4 Å². The van der Waals surface area contributed by atoms with Gasteiger partial charge in [-0.05, 0) is 42.7 Å². The Morgan fingerprint density at radius 1 is 1.16 bits per heavy atom. The van der Waals surface area contributed by atoms with Gasteiger partial charge in [-0.2, -0.15) is 0 Å². The highest BCUT2D eigenvalue weighted by atomic mass is 35.5. The highest BCUT2D eigenvalue weighted by Gasteiger charge is 2.18. The normalized spacial score (nSPS) is 11.3. The number of halogens is 1. The molecule has 0 fully saturated rings. The summed E-state index contributed by atoms with van der Waals surface area (Å²) in [7, 11) is 0. The molecule has 0 aliphatic rings. The summed E-state index contributed by atoms with van der Waals surface area (Å²) >= 11 is 7.42. The number of anilines is 1. The molecule has 9 heteroatoms. The predicted molar refractivity (Wildman–Crippen MR) is 125 cm³/mol. The topological polar surface area (TPSA) is 81.3 Å². The zero-order chi connectivity index (χ0) is 22.0. The van der Waals surface area contributed by atoms with Gasteiger partial charge in [0.15, 0.2) is 5.16 Å². The maximum atomic E-state index is 13.0. The number of benzene rings is 2. The number of fused-ring (bicyclic) bond motifs is 3. The Morgan fingerprint density at radius 3 is 2.74 bits per heavy atom. The van der Waals surface area contributed by atoms with Crippen LogP contribution in [0.2, 0.25) is 5.02 Å². The molecule has 0 bridgehead atoms. The van der Waals surface area contributed by atoms with E-state index in [9.17, 15) is 9.59 Å². The molecule has 2 aromatic carbocycles. The number of para-hydroxylation sites is 1. The van der Waals surface area contributed by atoms with E-state index in [0.717, 1.165) is 24.1 Å². The Morgan fingerprint density at radius 2 is 1.97 bits per heavy atom. The highest BCUT2D eigenvalue weighted by molar-refractivity contribution is 7.99. The Balaban J connectivity index is 1.68. The first-order valence-corrected chi connectivity index (χ1v) is 11.5. The fraction of sp³-hybridized carbons (Fsp3) is 0.273. The summed E-state index contributed by atoms with van der Waals surface area (Å²) in [6.07, 6.45) is 1.61. The van der Waals surface area contributed by atoms with E-state index >= 15 is 0 Å². The number of aryl methyl sites for hydroxylation is 2. The lowest BCUT2D eigenvalue weighted by atomic mass is 10.1. The van der Waals surface area contributed by atoms with Crippen molar-refractivity contribution in [2.24, 2.45) is 0 Å². The van der Waals surface area contributed by atoms with E-state index in [1.165, 1.54) is 11.8 Å². The van der Waals surface area contributed by atoms with Gasteiger partial charge in [0, 0.05) is 17.3 Å². The molecule has 31 heavy (non-hydrogen) atoms. The van der Waals surface area contributed by atoms with E-state index in [1.807, 2.05) is 35.6 Å². The van der Waals surface area contributed by atoms with Gasteiger partial charge in [-0.1, -0.05) is 55.4 Å². The third kappa shape index (κ3) is 4.18. The van der Waals surface area contributed by atoms with Crippen molar-refractivity contribution in [3.63, 3.8) is 0 Å². The smallest absolute Gasteiger partial charge is 0.262 e. The van der Waals surface area contributed by atoms with Gasteiger partial charge >= 0.3 is 0 Å². The molecule has 0 unspecified atom stereocenters. The van der Waals surface area contributed by atoms with E-state index in [2.05, 4.69) is 22.4 Å². The van der Waals surface area contributed by atoms with Gasteiger partial charge in [-0.15, -0.1) is 10.2 Å². The van der Waals surface area contributed by atoms with Crippen molar-refractivity contribution >= 4 is 51.6 Å². The number of rotatable bonds is 7. The average Bonchev–Trinajstić information content (AvgIpc) is 3.19. The molecule has 1 N–H and O–H groups in total. The lowest BCUT2D eigenvalue weighted by molar-refractivity contribution is -0.113. The first-order chi connectivity index (χ1) is 15.0. The van der Waals surface area contributed by atoms with Gasteiger partial charge in [0.05, 0.1) is 16.7 Å². The number of aromatic nitrogens is 4. The van der Waals surface area contributed by atoms with E-state index in [0.29, 0.717) is 33.4 Å². The summed E-state index contributed by atoms with van der Waals surface area (Å²) in [5.74, 6) is 0.499. The molecule has 1 amide bonds. The van der Waals surface area contributed by atoms with E-state index in [-0.39, 0.29) is 17.2 Å². The summed E-state index contributed by atoms with van der Waals surface area (Å²) in [6, 6.07) is 12.9. The molecule has 160 valence electrons. The van der Waals surface area contributed by atoms with Crippen LogP contribution < -0.4 is 10.9 Å². The SMILES string of the molecule is CCCn1c(=O)c2cc(Cl)ccc2n2c(SCC(=O)Nc3ccccc3CC)nnc12. The van der Waals surface area contributed by atoms with Crippen LogP contribution in [0.3, 0.4) is 0 Å². The van der Waals surface area contributed by atoms with Gasteiger partial charge in [0.25, 0.3) is 5.56 Å². The monoisotopic (exact) mass is 455 g/mol. The van der Waals surface area contributed by atoms with Crippen molar-refractivity contribution in [1.29, 1.82) is 0 Å². The summed E-state index contributed by atoms with van der Waals surface area (Å²) in [5, 5.41) is 13.0. The van der Waals surface area contributed by atoms with E-state index < -0.39 is 0 Å². The van der Waals surface area contributed by atoms with Crippen LogP contribution in [0, 0.1) is 0 Å². The molecule has 0 spiro atoms. The predicted octanol–water partition coefficient (Wildman–Crippen LogP) is 4.40. The summed E-state index contributed by atoms with van der Waals surface area (Å²) in [5.41, 5.74) is 2.42. The van der Waals surface area contributed by atoms with Crippen LogP contribution in [0.4, 0.5) is 5.69 Å². The van der Waals surface area contributed by atoms with Crippen molar-refractivity contribution < 1.29 is 4.79 Å². The largest absolute Gasteiger partial charge is 0.325 e. The number of amides is 1. The quantitative estimate of drug-likeness (QED) is 0.418. The molecular weight excluding hydrogens is 434 g/mol. The second kappa shape index (κ2) is 9.11. The zero-order valence-electron chi connectivity index (χ0n) is 17.3. The second-order valence-electron chi connectivity index (χ2n) is 7.08. The Kier molecular flexibility index (Phi) is 6.29. The molecule has 4 rings (SSSR count). The molecule has 0 aliphatic carbocycles. The summed E-state index contributed by atoms with van der Waals surface area (Å²) in [4.78, 5) is 25.6. The molecule has 2 heterocycles. The highest BCUT2D eigenvalue weighted by Crippen LogP contribution is 2.24. The second-order valence-corrected chi connectivity index (χ2v) is 8.46. The van der Waals surface area contributed by atoms with Crippen molar-refractivity contribution in [1.82, 2.24) is 19.2 Å². The minimum Gasteiger partial charge on any atom is -0.325 e. The number of carbonyl (C=O) groups excluding carboxylic acids is 1. The van der Waals surface area contributed by atoms with Gasteiger partial charge < -0.3 is 5.32 Å². The van der Waals surface area contributed by atoms with Crippen molar-refractivity contribution in [2.75, 3.05) is 11.1 Å². The first kappa shape index (κ1) is 21.4. The fourth-order valence-corrected chi connectivity index (χ4v) is 4.46. The number of nitrogens with zero attached hydrogens (tertiary/aromatic N) is 4. The molecule has 0 saturated heterocycles. The zero-order valence-corrected chi connectivity index (χ0v) is 18.8. The minimum atomic E-state index is -0.148. The van der Waals surface area contributed by atoms with Crippen molar-refractivity contribution in [3.8, 4) is 0 Å². The summed E-state index contributed by atoms with van der Waals surface area (Å²) in [6.45, 7) is 4.56. The minimum absolute atomic E-state index is 0.128. The molecule has 4 aromatic rings. The molecule has 7 nitrogen and oxygen atoms in total. The van der Waals surface area contributed by atoms with Crippen LogP contribution in [0.25, 0.3) is 16.7 Å². The Labute approximate surface area is 188 Å². The first-order valence-electron chi connectivity index (χ1n) is 10.1. The molecule has 2 aromatic heterocycles. The molecule has 0 radical (unpaired) electrons. The van der Waals surface area contributed by atoms with Gasteiger partial charge in [-0.3, -0.25) is 18.6 Å². The van der Waals surface area contributed by atoms with Gasteiger partial charge in [-0.25, -0.2) is 0 Å². The van der Waals surface area contributed by atoms with Crippen LogP contribution in [-0.4, -0.2) is 30.8 Å². The van der Waals surface area contributed by atoms with Gasteiger partial charge in [0.2, 0.25) is 11.7 Å². The van der Waals surface area contributed by atoms with Crippen molar-refractivity contribution in [2.45, 2.75) is 38.4 Å². The molecule has 0 atom stereocenters. The van der Waals surface area contributed by atoms with Crippen LogP contribution in [0.5, 0.6) is 0 Å². The van der Waals surface area contributed by atoms with Crippen molar-refractivity contribution in [3.05, 3.63) is 63.4 Å².